The summed E-state index contributed by atoms with van der Waals surface area (Å²) < 4.78 is 5.41. The van der Waals surface area contributed by atoms with Gasteiger partial charge in [0.15, 0.2) is 0 Å². The fraction of sp³-hybridized carbons (Fsp3) is 0.533. The number of methoxy groups -OCH3 is 1. The van der Waals surface area contributed by atoms with Crippen molar-refractivity contribution in [2.45, 2.75) is 38.1 Å². The summed E-state index contributed by atoms with van der Waals surface area (Å²) in [6.45, 7) is 4.25. The van der Waals surface area contributed by atoms with Gasteiger partial charge in [0, 0.05) is 7.05 Å². The van der Waals surface area contributed by atoms with Crippen LogP contribution in [0.15, 0.2) is 18.2 Å². The maximum Gasteiger partial charge on any atom is 0.246 e. The third-order valence-electron chi connectivity index (χ3n) is 3.75. The van der Waals surface area contributed by atoms with Crippen LogP contribution in [-0.4, -0.2) is 25.6 Å². The average Bonchev–Trinajstić information content (AvgIpc) is 3.15. The van der Waals surface area contributed by atoms with E-state index in [9.17, 15) is 4.79 Å². The lowest BCUT2D eigenvalue weighted by Gasteiger charge is -2.23. The largest absolute Gasteiger partial charge is 0.495 e. The second-order valence-electron chi connectivity index (χ2n) is 5.61. The van der Waals surface area contributed by atoms with Crippen molar-refractivity contribution in [3.63, 3.8) is 0 Å². The van der Waals surface area contributed by atoms with Gasteiger partial charge in [-0.15, -0.1) is 0 Å². The lowest BCUT2D eigenvalue weighted by Crippen LogP contribution is -2.44. The minimum atomic E-state index is -0.656. The highest BCUT2D eigenvalue weighted by atomic mass is 16.5. The van der Waals surface area contributed by atoms with Crippen LogP contribution in [0.1, 0.15) is 38.2 Å². The average molecular weight is 262 g/mol. The topological polar surface area (TPSA) is 55.6 Å². The van der Waals surface area contributed by atoms with E-state index in [2.05, 4.69) is 13.8 Å². The summed E-state index contributed by atoms with van der Waals surface area (Å²) in [6, 6.07) is 5.94. The summed E-state index contributed by atoms with van der Waals surface area (Å²) >= 11 is 0. The Morgan fingerprint density at radius 3 is 2.53 bits per heavy atom. The van der Waals surface area contributed by atoms with Crippen molar-refractivity contribution in [1.29, 1.82) is 0 Å². The summed E-state index contributed by atoms with van der Waals surface area (Å²) in [6.07, 6.45) is 1.53. The third kappa shape index (κ3) is 2.59. The number of ether oxygens (including phenoxy) is 1. The van der Waals surface area contributed by atoms with Crippen molar-refractivity contribution in [1.82, 2.24) is 0 Å². The predicted molar refractivity (Wildman–Crippen MR) is 76.6 cm³/mol. The normalized spacial score (nSPS) is 16.3. The van der Waals surface area contributed by atoms with E-state index in [1.54, 1.807) is 19.1 Å². The minimum Gasteiger partial charge on any atom is -0.495 e. The molecule has 1 amide bonds. The summed E-state index contributed by atoms with van der Waals surface area (Å²) in [4.78, 5) is 13.9. The molecule has 0 radical (unpaired) electrons. The van der Waals surface area contributed by atoms with Crippen molar-refractivity contribution < 1.29 is 9.53 Å². The first-order valence-corrected chi connectivity index (χ1v) is 6.64. The zero-order valence-corrected chi connectivity index (χ0v) is 12.1. The van der Waals surface area contributed by atoms with Crippen LogP contribution in [0, 0.1) is 0 Å². The van der Waals surface area contributed by atoms with E-state index in [0.717, 1.165) is 18.5 Å². The third-order valence-corrected chi connectivity index (χ3v) is 3.75. The van der Waals surface area contributed by atoms with E-state index in [-0.39, 0.29) is 5.91 Å². The smallest absolute Gasteiger partial charge is 0.246 e. The van der Waals surface area contributed by atoms with Crippen molar-refractivity contribution in [3.8, 4) is 5.75 Å². The fourth-order valence-corrected chi connectivity index (χ4v) is 2.12. The Morgan fingerprint density at radius 2 is 2.05 bits per heavy atom. The van der Waals surface area contributed by atoms with Gasteiger partial charge in [0.1, 0.15) is 5.75 Å². The van der Waals surface area contributed by atoms with E-state index < -0.39 is 5.54 Å². The van der Waals surface area contributed by atoms with Crippen molar-refractivity contribution >= 4 is 11.6 Å². The van der Waals surface area contributed by atoms with E-state index in [1.165, 1.54) is 5.56 Å². The quantitative estimate of drug-likeness (QED) is 0.905. The number of carbonyl (C=O) groups is 1. The molecule has 1 fully saturated rings. The number of amides is 1. The number of hydrogen-bond acceptors (Lipinski definition) is 3. The van der Waals surface area contributed by atoms with Gasteiger partial charge in [0.2, 0.25) is 5.91 Å². The van der Waals surface area contributed by atoms with Gasteiger partial charge in [-0.25, -0.2) is 0 Å². The number of anilines is 1. The molecule has 1 aliphatic carbocycles. The summed E-state index contributed by atoms with van der Waals surface area (Å²) in [7, 11) is 3.37. The lowest BCUT2D eigenvalue weighted by molar-refractivity contribution is -0.120. The second-order valence-corrected chi connectivity index (χ2v) is 5.61. The van der Waals surface area contributed by atoms with Gasteiger partial charge in [0.05, 0.1) is 18.3 Å². The number of rotatable bonds is 4. The van der Waals surface area contributed by atoms with Crippen LogP contribution in [0.4, 0.5) is 5.69 Å². The van der Waals surface area contributed by atoms with Crippen LogP contribution in [0.2, 0.25) is 0 Å². The standard InChI is InChI=1S/C15H22N2O2/c1-10(2)11-5-6-12(13(9-11)19-4)17(3)14(18)15(16)7-8-15/h5-6,9-10H,7-8,16H2,1-4H3. The van der Waals surface area contributed by atoms with Gasteiger partial charge in [-0.1, -0.05) is 19.9 Å². The van der Waals surface area contributed by atoms with Gasteiger partial charge in [-0.3, -0.25) is 4.79 Å². The number of carbonyl (C=O) groups excluding carboxylic acids is 1. The molecule has 1 aliphatic rings. The molecule has 1 aromatic rings. The van der Waals surface area contributed by atoms with Crippen LogP contribution in [0.5, 0.6) is 5.75 Å². The van der Waals surface area contributed by atoms with Gasteiger partial charge in [-0.2, -0.15) is 0 Å². The van der Waals surface area contributed by atoms with Crippen LogP contribution in [0.3, 0.4) is 0 Å². The van der Waals surface area contributed by atoms with Crippen molar-refractivity contribution in [3.05, 3.63) is 23.8 Å². The lowest BCUT2D eigenvalue weighted by atomic mass is 10.0. The van der Waals surface area contributed by atoms with Crippen LogP contribution < -0.4 is 15.4 Å². The monoisotopic (exact) mass is 262 g/mol. The van der Waals surface area contributed by atoms with Gasteiger partial charge in [0.25, 0.3) is 0 Å². The molecular weight excluding hydrogens is 240 g/mol. The van der Waals surface area contributed by atoms with E-state index in [4.69, 9.17) is 10.5 Å². The van der Waals surface area contributed by atoms with Gasteiger partial charge in [-0.05, 0) is 36.5 Å². The molecule has 1 aromatic carbocycles. The molecule has 0 aromatic heterocycles. The first kappa shape index (κ1) is 13.9. The molecular formula is C15H22N2O2. The molecule has 2 rings (SSSR count). The summed E-state index contributed by atoms with van der Waals surface area (Å²) in [5.74, 6) is 1.10. The number of nitrogens with zero attached hydrogens (tertiary/aromatic N) is 1. The number of likely N-dealkylation sites (N-methyl/N-ethyl adjacent to an activating group) is 1. The Morgan fingerprint density at radius 1 is 1.42 bits per heavy atom. The highest BCUT2D eigenvalue weighted by molar-refractivity contribution is 6.02. The maximum absolute atomic E-state index is 12.3. The summed E-state index contributed by atoms with van der Waals surface area (Å²) in [5.41, 5.74) is 7.27. The highest BCUT2D eigenvalue weighted by Gasteiger charge is 2.48. The van der Waals surface area contributed by atoms with E-state index in [0.29, 0.717) is 11.7 Å². The number of nitrogens with two attached hydrogens (primary N) is 1. The van der Waals surface area contributed by atoms with Crippen LogP contribution >= 0.6 is 0 Å². The maximum atomic E-state index is 12.3. The molecule has 0 aliphatic heterocycles. The van der Waals surface area contributed by atoms with Crippen molar-refractivity contribution in [2.24, 2.45) is 5.73 Å². The molecule has 104 valence electrons. The molecule has 2 N–H and O–H groups in total. The fourth-order valence-electron chi connectivity index (χ4n) is 2.12. The molecule has 19 heavy (non-hydrogen) atoms. The zero-order valence-electron chi connectivity index (χ0n) is 12.1. The molecule has 0 atom stereocenters. The Hall–Kier alpha value is -1.55. The Labute approximate surface area is 114 Å². The first-order valence-electron chi connectivity index (χ1n) is 6.64. The predicted octanol–water partition coefficient (Wildman–Crippen LogP) is 2.27. The first-order chi connectivity index (χ1) is 8.89. The molecule has 0 spiro atoms. The van der Waals surface area contributed by atoms with Crippen molar-refractivity contribution in [2.75, 3.05) is 19.1 Å². The minimum absolute atomic E-state index is 0.0388. The Bertz CT molecular complexity index is 493. The molecule has 0 unspecified atom stereocenters. The molecule has 0 bridgehead atoms. The van der Waals surface area contributed by atoms with E-state index >= 15 is 0 Å². The Balaban J connectivity index is 2.31. The molecule has 1 saturated carbocycles. The number of hydrogen-bond donors (Lipinski definition) is 1. The van der Waals surface area contributed by atoms with E-state index in [1.807, 2.05) is 18.2 Å². The SMILES string of the molecule is COc1cc(C(C)C)ccc1N(C)C(=O)C1(N)CC1. The highest BCUT2D eigenvalue weighted by Crippen LogP contribution is 2.38. The Kier molecular flexibility index (Phi) is 3.54. The molecule has 4 nitrogen and oxygen atoms in total. The van der Waals surface area contributed by atoms with Gasteiger partial charge < -0.3 is 15.4 Å². The second kappa shape index (κ2) is 4.85. The molecule has 0 saturated heterocycles. The van der Waals surface area contributed by atoms with Crippen LogP contribution in [0.25, 0.3) is 0 Å². The van der Waals surface area contributed by atoms with Crippen LogP contribution in [-0.2, 0) is 4.79 Å². The molecule has 0 heterocycles. The zero-order chi connectivity index (χ0) is 14.2. The van der Waals surface area contributed by atoms with Gasteiger partial charge >= 0.3 is 0 Å². The molecule has 4 heteroatoms. The summed E-state index contributed by atoms with van der Waals surface area (Å²) in [5, 5.41) is 0. The number of benzene rings is 1.